The van der Waals surface area contributed by atoms with E-state index in [4.69, 9.17) is 5.21 Å². The molecule has 82 valence electrons. The van der Waals surface area contributed by atoms with Gasteiger partial charge in [0, 0.05) is 4.88 Å². The van der Waals surface area contributed by atoms with E-state index >= 15 is 0 Å². The van der Waals surface area contributed by atoms with Crippen molar-refractivity contribution in [2.75, 3.05) is 0 Å². The highest BCUT2D eigenvalue weighted by atomic mass is 32.1. The first kappa shape index (κ1) is 11.1. The summed E-state index contributed by atoms with van der Waals surface area (Å²) in [6, 6.07) is 3.91. The minimum atomic E-state index is -0.147. The van der Waals surface area contributed by atoms with Crippen LogP contribution in [0.25, 0.3) is 6.08 Å². The average molecular weight is 231 g/mol. The lowest BCUT2D eigenvalue weighted by Gasteiger charge is -2.16. The third-order valence-corrected chi connectivity index (χ3v) is 3.22. The maximum Gasteiger partial charge on any atom is 0.0753 e. The van der Waals surface area contributed by atoms with Crippen molar-refractivity contribution >= 4 is 17.4 Å². The van der Waals surface area contributed by atoms with Crippen molar-refractivity contribution in [2.24, 2.45) is 0 Å². The molecule has 16 heavy (non-hydrogen) atoms. The monoisotopic (exact) mass is 231 g/mol. The molecule has 3 heteroatoms. The Bertz CT molecular complexity index is 454. The molecule has 0 spiro atoms. The summed E-state index contributed by atoms with van der Waals surface area (Å²) >= 11 is 1.67. The molecule has 1 aromatic heterocycles. The Labute approximate surface area is 98.9 Å². The number of hydroxylamine groups is 1. The molecular weight excluding hydrogens is 218 g/mol. The summed E-state index contributed by atoms with van der Waals surface area (Å²) in [6.45, 7) is 3.74. The Morgan fingerprint density at radius 2 is 2.38 bits per heavy atom. The van der Waals surface area contributed by atoms with E-state index in [-0.39, 0.29) is 6.04 Å². The number of nitrogens with one attached hydrogen (secondary N) is 1. The van der Waals surface area contributed by atoms with Gasteiger partial charge in [-0.3, -0.25) is 0 Å². The third kappa shape index (κ3) is 2.39. The molecule has 2 nitrogen and oxygen atoms in total. The second-order valence-electron chi connectivity index (χ2n) is 3.47. The van der Waals surface area contributed by atoms with Crippen molar-refractivity contribution in [1.29, 1.82) is 0 Å². The van der Waals surface area contributed by atoms with E-state index in [2.05, 4.69) is 18.1 Å². The molecule has 2 rings (SSSR count). The highest BCUT2D eigenvalue weighted by Gasteiger charge is 2.12. The fourth-order valence-electron chi connectivity index (χ4n) is 1.56. The Kier molecular flexibility index (Phi) is 3.51. The van der Waals surface area contributed by atoms with Crippen molar-refractivity contribution in [3.63, 3.8) is 0 Å². The van der Waals surface area contributed by atoms with Crippen LogP contribution in [-0.2, 0) is 0 Å². The molecule has 0 amide bonds. The zero-order valence-corrected chi connectivity index (χ0v) is 9.58. The van der Waals surface area contributed by atoms with Gasteiger partial charge in [0.05, 0.1) is 6.04 Å². The zero-order chi connectivity index (χ0) is 11.4. The van der Waals surface area contributed by atoms with Crippen LogP contribution >= 0.6 is 11.3 Å². The number of allylic oxidation sites excluding steroid dienone is 3. The summed E-state index contributed by atoms with van der Waals surface area (Å²) in [5.74, 6) is 0. The fraction of sp³-hybridized carbons (Fsp3) is 0.0769. The predicted octanol–water partition coefficient (Wildman–Crippen LogP) is 3.16. The van der Waals surface area contributed by atoms with Crippen LogP contribution in [-0.4, -0.2) is 11.2 Å². The summed E-state index contributed by atoms with van der Waals surface area (Å²) < 4.78 is 0. The van der Waals surface area contributed by atoms with E-state index in [9.17, 15) is 0 Å². The topological polar surface area (TPSA) is 32.3 Å². The lowest BCUT2D eigenvalue weighted by Crippen LogP contribution is -2.26. The number of rotatable bonds is 3. The van der Waals surface area contributed by atoms with Crippen molar-refractivity contribution in [3.05, 3.63) is 64.4 Å². The van der Waals surface area contributed by atoms with E-state index in [0.29, 0.717) is 0 Å². The molecule has 1 unspecified atom stereocenters. The maximum atomic E-state index is 9.06. The summed E-state index contributed by atoms with van der Waals surface area (Å²) in [7, 11) is 0. The minimum absolute atomic E-state index is 0.147. The molecule has 0 radical (unpaired) electrons. The summed E-state index contributed by atoms with van der Waals surface area (Å²) in [4.78, 5) is 1.17. The second kappa shape index (κ2) is 5.07. The molecule has 0 aromatic carbocycles. The van der Waals surface area contributed by atoms with Gasteiger partial charge in [0.2, 0.25) is 0 Å². The van der Waals surface area contributed by atoms with Gasteiger partial charge in [-0.2, -0.15) is 5.48 Å². The van der Waals surface area contributed by atoms with Gasteiger partial charge in [-0.15, -0.1) is 11.3 Å². The van der Waals surface area contributed by atoms with Crippen LogP contribution in [0.1, 0.15) is 4.88 Å². The summed E-state index contributed by atoms with van der Waals surface area (Å²) in [5, 5.41) is 11.1. The van der Waals surface area contributed by atoms with Gasteiger partial charge in [0.25, 0.3) is 0 Å². The highest BCUT2D eigenvalue weighted by Crippen LogP contribution is 2.21. The SMILES string of the molecule is C=CC1=CC(=Cc2cccs2)C(NO)C=C1. The zero-order valence-electron chi connectivity index (χ0n) is 8.76. The van der Waals surface area contributed by atoms with Crippen LogP contribution in [0, 0.1) is 0 Å². The quantitative estimate of drug-likeness (QED) is 0.783. The van der Waals surface area contributed by atoms with E-state index in [1.807, 2.05) is 35.7 Å². The predicted molar refractivity (Wildman–Crippen MR) is 68.4 cm³/mol. The Balaban J connectivity index is 2.33. The smallest absolute Gasteiger partial charge is 0.0753 e. The van der Waals surface area contributed by atoms with E-state index < -0.39 is 0 Å². The van der Waals surface area contributed by atoms with Gasteiger partial charge < -0.3 is 5.21 Å². The van der Waals surface area contributed by atoms with E-state index in [0.717, 1.165) is 11.1 Å². The van der Waals surface area contributed by atoms with Crippen molar-refractivity contribution < 1.29 is 5.21 Å². The highest BCUT2D eigenvalue weighted by molar-refractivity contribution is 7.10. The fourth-order valence-corrected chi connectivity index (χ4v) is 2.24. The largest absolute Gasteiger partial charge is 0.316 e. The third-order valence-electron chi connectivity index (χ3n) is 2.40. The molecule has 2 N–H and O–H groups in total. The van der Waals surface area contributed by atoms with Gasteiger partial charge in [-0.1, -0.05) is 30.9 Å². The number of hydrogen-bond acceptors (Lipinski definition) is 3. The van der Waals surface area contributed by atoms with Crippen LogP contribution in [0.5, 0.6) is 0 Å². The van der Waals surface area contributed by atoms with Crippen molar-refractivity contribution in [3.8, 4) is 0 Å². The average Bonchev–Trinajstić information content (AvgIpc) is 2.82. The molecule has 1 atom stereocenters. The molecule has 0 saturated heterocycles. The first-order chi connectivity index (χ1) is 7.83. The molecular formula is C13H13NOS. The lowest BCUT2D eigenvalue weighted by molar-refractivity contribution is 0.156. The normalized spacial score (nSPS) is 22.2. The van der Waals surface area contributed by atoms with Gasteiger partial charge in [0.1, 0.15) is 0 Å². The van der Waals surface area contributed by atoms with Gasteiger partial charge in [-0.05, 0) is 34.7 Å². The Morgan fingerprint density at radius 1 is 1.50 bits per heavy atom. The first-order valence-electron chi connectivity index (χ1n) is 5.00. The van der Waals surface area contributed by atoms with Crippen LogP contribution in [0.4, 0.5) is 0 Å². The summed E-state index contributed by atoms with van der Waals surface area (Å²) in [6.07, 6.45) is 9.72. The molecule has 1 heterocycles. The van der Waals surface area contributed by atoms with Crippen LogP contribution in [0.15, 0.2) is 59.5 Å². The standard InChI is InChI=1S/C13H13NOS/c1-2-10-5-6-13(14-15)11(8-10)9-12-4-3-7-16-12/h2-9,13-15H,1H2. The molecule has 0 aliphatic heterocycles. The van der Waals surface area contributed by atoms with E-state index in [1.54, 1.807) is 17.4 Å². The van der Waals surface area contributed by atoms with Crippen LogP contribution in [0.3, 0.4) is 0 Å². The first-order valence-corrected chi connectivity index (χ1v) is 5.88. The number of hydrogen-bond donors (Lipinski definition) is 2. The lowest BCUT2D eigenvalue weighted by atomic mass is 9.97. The van der Waals surface area contributed by atoms with Gasteiger partial charge >= 0.3 is 0 Å². The maximum absolute atomic E-state index is 9.06. The summed E-state index contributed by atoms with van der Waals surface area (Å²) in [5.41, 5.74) is 4.36. The molecule has 0 bridgehead atoms. The van der Waals surface area contributed by atoms with Crippen LogP contribution in [0.2, 0.25) is 0 Å². The van der Waals surface area contributed by atoms with Crippen molar-refractivity contribution in [2.45, 2.75) is 6.04 Å². The molecule has 0 fully saturated rings. The Morgan fingerprint density at radius 3 is 3.00 bits per heavy atom. The van der Waals surface area contributed by atoms with Gasteiger partial charge in [-0.25, -0.2) is 0 Å². The van der Waals surface area contributed by atoms with E-state index in [1.165, 1.54) is 4.88 Å². The van der Waals surface area contributed by atoms with Crippen LogP contribution < -0.4 is 5.48 Å². The molecule has 0 saturated carbocycles. The van der Waals surface area contributed by atoms with Crippen molar-refractivity contribution in [1.82, 2.24) is 5.48 Å². The molecule has 1 aliphatic carbocycles. The second-order valence-corrected chi connectivity index (χ2v) is 4.45. The Hall–Kier alpha value is -1.42. The molecule has 1 aliphatic rings. The van der Waals surface area contributed by atoms with Gasteiger partial charge in [0.15, 0.2) is 0 Å². The number of thiophene rings is 1. The minimum Gasteiger partial charge on any atom is -0.316 e. The molecule has 1 aromatic rings.